The van der Waals surface area contributed by atoms with Crippen molar-refractivity contribution in [3.8, 4) is 0 Å². The van der Waals surface area contributed by atoms with Gasteiger partial charge in [-0.2, -0.15) is 0 Å². The molecule has 0 unspecified atom stereocenters. The third kappa shape index (κ3) is 1.71. The molecule has 0 aromatic heterocycles. The number of carbonyl (C=O) groups is 1. The van der Waals surface area contributed by atoms with Gasteiger partial charge in [0.15, 0.2) is 5.78 Å². The van der Waals surface area contributed by atoms with Crippen molar-refractivity contribution in [1.82, 2.24) is 0 Å². The van der Waals surface area contributed by atoms with Crippen LogP contribution in [0.25, 0.3) is 5.57 Å². The van der Waals surface area contributed by atoms with E-state index in [4.69, 9.17) is 0 Å². The van der Waals surface area contributed by atoms with Crippen LogP contribution in [0.3, 0.4) is 0 Å². The normalized spacial score (nSPS) is 35.6. The van der Waals surface area contributed by atoms with Gasteiger partial charge in [0.25, 0.3) is 0 Å². The standard InChI is InChI=1S/C18H20O2/c19-17-10-16-12-6-2-4-8-14(12)18(20)9-15(16)11-5-1-3-7-13(11)17/h1,3,5,7,9,12,14,16-17,19H,2,4,6,8,10H2/t12-,14-,16+,17+/m1/s1. The Balaban J connectivity index is 1.84. The maximum Gasteiger partial charge on any atom is 0.159 e. The van der Waals surface area contributed by atoms with E-state index in [1.54, 1.807) is 0 Å². The predicted octanol–water partition coefficient (Wildman–Crippen LogP) is 3.51. The molecule has 3 aliphatic rings. The third-order valence-electron chi connectivity index (χ3n) is 5.51. The summed E-state index contributed by atoms with van der Waals surface area (Å²) in [5.41, 5.74) is 3.30. The molecule has 1 saturated carbocycles. The number of aliphatic hydroxyl groups excluding tert-OH is 1. The zero-order chi connectivity index (χ0) is 13.7. The van der Waals surface area contributed by atoms with E-state index < -0.39 is 0 Å². The minimum Gasteiger partial charge on any atom is -0.388 e. The first-order valence-corrected chi connectivity index (χ1v) is 7.78. The van der Waals surface area contributed by atoms with Gasteiger partial charge in [0, 0.05) is 5.92 Å². The molecule has 0 radical (unpaired) electrons. The SMILES string of the molecule is O=C1C=C2c3ccccc3[C@@H](O)C[C@H]2[C@@H]2CCCC[C@@H]12. The van der Waals surface area contributed by atoms with E-state index in [2.05, 4.69) is 6.07 Å². The first kappa shape index (κ1) is 12.3. The number of ketones is 1. The Bertz CT molecular complexity index is 587. The van der Waals surface area contributed by atoms with Gasteiger partial charge in [0.1, 0.15) is 0 Å². The molecule has 1 aromatic carbocycles. The van der Waals surface area contributed by atoms with Crippen LogP contribution in [0.4, 0.5) is 0 Å². The fourth-order valence-corrected chi connectivity index (χ4v) is 4.59. The number of hydrogen-bond donors (Lipinski definition) is 1. The molecule has 0 amide bonds. The minimum atomic E-state index is -0.371. The van der Waals surface area contributed by atoms with E-state index in [9.17, 15) is 9.90 Å². The van der Waals surface area contributed by atoms with Gasteiger partial charge in [0.05, 0.1) is 6.10 Å². The summed E-state index contributed by atoms with van der Waals surface area (Å²) >= 11 is 0. The molecule has 2 heteroatoms. The van der Waals surface area contributed by atoms with E-state index in [1.165, 1.54) is 18.4 Å². The molecule has 1 aromatic rings. The van der Waals surface area contributed by atoms with Crippen molar-refractivity contribution in [2.45, 2.75) is 38.2 Å². The van der Waals surface area contributed by atoms with Gasteiger partial charge in [-0.25, -0.2) is 0 Å². The molecule has 0 aliphatic heterocycles. The van der Waals surface area contributed by atoms with Crippen LogP contribution >= 0.6 is 0 Å². The second-order valence-corrected chi connectivity index (χ2v) is 6.50. The number of rotatable bonds is 0. The Hall–Kier alpha value is -1.41. The van der Waals surface area contributed by atoms with Gasteiger partial charge in [-0.3, -0.25) is 4.79 Å². The van der Waals surface area contributed by atoms with E-state index in [0.29, 0.717) is 17.6 Å². The Morgan fingerprint density at radius 2 is 1.85 bits per heavy atom. The first-order chi connectivity index (χ1) is 9.75. The number of hydrogen-bond acceptors (Lipinski definition) is 2. The van der Waals surface area contributed by atoms with Crippen molar-refractivity contribution < 1.29 is 9.90 Å². The fourth-order valence-electron chi connectivity index (χ4n) is 4.59. The summed E-state index contributed by atoms with van der Waals surface area (Å²) in [7, 11) is 0. The van der Waals surface area contributed by atoms with E-state index in [1.807, 2.05) is 24.3 Å². The number of allylic oxidation sites excluding steroid dienone is 2. The average molecular weight is 268 g/mol. The van der Waals surface area contributed by atoms with Crippen molar-refractivity contribution in [2.75, 3.05) is 0 Å². The Kier molecular flexibility index (Phi) is 2.81. The highest BCUT2D eigenvalue weighted by Crippen LogP contribution is 2.52. The molecule has 0 spiro atoms. The molecule has 0 saturated heterocycles. The van der Waals surface area contributed by atoms with Gasteiger partial charge < -0.3 is 5.11 Å². The Labute approximate surface area is 119 Å². The van der Waals surface area contributed by atoms with Crippen molar-refractivity contribution in [1.29, 1.82) is 0 Å². The smallest absolute Gasteiger partial charge is 0.159 e. The topological polar surface area (TPSA) is 37.3 Å². The highest BCUT2D eigenvalue weighted by atomic mass is 16.3. The summed E-state index contributed by atoms with van der Waals surface area (Å²) in [6.07, 6.45) is 6.91. The molecule has 0 heterocycles. The lowest BCUT2D eigenvalue weighted by molar-refractivity contribution is -0.122. The van der Waals surface area contributed by atoms with Crippen LogP contribution in [0.1, 0.15) is 49.3 Å². The van der Waals surface area contributed by atoms with Gasteiger partial charge in [-0.15, -0.1) is 0 Å². The molecule has 2 nitrogen and oxygen atoms in total. The maximum absolute atomic E-state index is 12.4. The van der Waals surface area contributed by atoms with Crippen molar-refractivity contribution >= 4 is 11.4 Å². The minimum absolute atomic E-state index is 0.218. The van der Waals surface area contributed by atoms with Gasteiger partial charge in [0.2, 0.25) is 0 Å². The summed E-state index contributed by atoms with van der Waals surface area (Å²) in [6, 6.07) is 8.03. The molecule has 1 fully saturated rings. The average Bonchev–Trinajstić information content (AvgIpc) is 2.49. The molecule has 3 aliphatic carbocycles. The highest BCUT2D eigenvalue weighted by molar-refractivity contribution is 6.01. The lowest BCUT2D eigenvalue weighted by Crippen LogP contribution is -2.38. The molecular weight excluding hydrogens is 248 g/mol. The van der Waals surface area contributed by atoms with Crippen molar-refractivity contribution in [2.24, 2.45) is 17.8 Å². The second kappa shape index (κ2) is 4.56. The molecule has 104 valence electrons. The van der Waals surface area contributed by atoms with Crippen molar-refractivity contribution in [3.63, 3.8) is 0 Å². The van der Waals surface area contributed by atoms with Crippen LogP contribution in [-0.4, -0.2) is 10.9 Å². The van der Waals surface area contributed by atoms with E-state index in [-0.39, 0.29) is 12.0 Å². The summed E-state index contributed by atoms with van der Waals surface area (Å²) in [5, 5.41) is 10.4. The number of fused-ring (bicyclic) bond motifs is 5. The molecular formula is C18H20O2. The van der Waals surface area contributed by atoms with Crippen LogP contribution in [0.5, 0.6) is 0 Å². The molecule has 20 heavy (non-hydrogen) atoms. The molecule has 4 rings (SSSR count). The number of benzene rings is 1. The van der Waals surface area contributed by atoms with Crippen LogP contribution in [-0.2, 0) is 4.79 Å². The maximum atomic E-state index is 12.4. The second-order valence-electron chi connectivity index (χ2n) is 6.50. The summed E-state index contributed by atoms with van der Waals surface area (Å²) in [6.45, 7) is 0. The van der Waals surface area contributed by atoms with Crippen molar-refractivity contribution in [3.05, 3.63) is 41.5 Å². The largest absolute Gasteiger partial charge is 0.388 e. The Morgan fingerprint density at radius 3 is 2.75 bits per heavy atom. The van der Waals surface area contributed by atoms with Crippen LogP contribution in [0.2, 0.25) is 0 Å². The number of carbonyl (C=O) groups excluding carboxylic acids is 1. The van der Waals surface area contributed by atoms with E-state index >= 15 is 0 Å². The summed E-state index contributed by atoms with van der Waals surface area (Å²) in [5.74, 6) is 1.38. The van der Waals surface area contributed by atoms with Crippen LogP contribution < -0.4 is 0 Å². The zero-order valence-corrected chi connectivity index (χ0v) is 11.6. The van der Waals surface area contributed by atoms with Gasteiger partial charge >= 0.3 is 0 Å². The predicted molar refractivity (Wildman–Crippen MR) is 77.9 cm³/mol. The van der Waals surface area contributed by atoms with Crippen LogP contribution in [0.15, 0.2) is 30.3 Å². The number of aliphatic hydroxyl groups is 1. The molecule has 4 atom stereocenters. The zero-order valence-electron chi connectivity index (χ0n) is 11.6. The molecule has 1 N–H and O–H groups in total. The van der Waals surface area contributed by atoms with E-state index in [0.717, 1.165) is 30.4 Å². The highest BCUT2D eigenvalue weighted by Gasteiger charge is 2.44. The third-order valence-corrected chi connectivity index (χ3v) is 5.51. The Morgan fingerprint density at radius 1 is 1.05 bits per heavy atom. The van der Waals surface area contributed by atoms with Crippen LogP contribution in [0, 0.1) is 17.8 Å². The van der Waals surface area contributed by atoms with Gasteiger partial charge in [-0.1, -0.05) is 37.1 Å². The summed E-state index contributed by atoms with van der Waals surface area (Å²) in [4.78, 5) is 12.4. The quantitative estimate of drug-likeness (QED) is 0.781. The van der Waals surface area contributed by atoms with Gasteiger partial charge in [-0.05, 0) is 53.9 Å². The monoisotopic (exact) mass is 268 g/mol. The fraction of sp³-hybridized carbons (Fsp3) is 0.500. The molecule has 0 bridgehead atoms. The lowest BCUT2D eigenvalue weighted by Gasteiger charge is -2.44. The lowest BCUT2D eigenvalue weighted by atomic mass is 9.60. The first-order valence-electron chi connectivity index (χ1n) is 7.78. The summed E-state index contributed by atoms with van der Waals surface area (Å²) < 4.78 is 0.